The van der Waals surface area contributed by atoms with E-state index < -0.39 is 0 Å². The normalized spacial score (nSPS) is 20.3. The maximum Gasteiger partial charge on any atom is 0.224 e. The Hall–Kier alpha value is -0.810. The van der Waals surface area contributed by atoms with Gasteiger partial charge in [0.05, 0.1) is 5.92 Å². The SMILES string of the molecule is CN(Cc1ccccc1CNC(=O)C1CCNC1)C1CCCCC1.Cl.Cl. The van der Waals surface area contributed by atoms with Crippen LogP contribution in [0.4, 0.5) is 0 Å². The average Bonchev–Trinajstić information content (AvgIpc) is 3.16. The zero-order chi connectivity index (χ0) is 16.8. The van der Waals surface area contributed by atoms with Gasteiger partial charge in [-0.15, -0.1) is 24.8 Å². The van der Waals surface area contributed by atoms with Crippen molar-refractivity contribution in [1.82, 2.24) is 15.5 Å². The first-order valence-corrected chi connectivity index (χ1v) is 9.49. The van der Waals surface area contributed by atoms with Gasteiger partial charge in [0.15, 0.2) is 0 Å². The van der Waals surface area contributed by atoms with Crippen molar-refractivity contribution in [2.45, 2.75) is 57.7 Å². The van der Waals surface area contributed by atoms with Gasteiger partial charge in [0, 0.05) is 25.7 Å². The minimum absolute atomic E-state index is 0. The number of hydrogen-bond donors (Lipinski definition) is 2. The number of nitrogens with zero attached hydrogens (tertiary/aromatic N) is 1. The molecule has 0 aromatic heterocycles. The van der Waals surface area contributed by atoms with Crippen LogP contribution in [0.1, 0.15) is 49.7 Å². The molecule has 0 spiro atoms. The molecule has 2 N–H and O–H groups in total. The van der Waals surface area contributed by atoms with Crippen molar-refractivity contribution >= 4 is 30.7 Å². The second-order valence-electron chi connectivity index (χ2n) is 7.38. The largest absolute Gasteiger partial charge is 0.352 e. The van der Waals surface area contributed by atoms with Crippen molar-refractivity contribution in [3.8, 4) is 0 Å². The Bertz CT molecular complexity index is 544. The number of benzene rings is 1. The van der Waals surface area contributed by atoms with Crippen LogP contribution in [0.2, 0.25) is 0 Å². The molecule has 1 saturated carbocycles. The summed E-state index contributed by atoms with van der Waals surface area (Å²) in [6.07, 6.45) is 7.72. The molecular weight excluding hydrogens is 369 g/mol. The summed E-state index contributed by atoms with van der Waals surface area (Å²) >= 11 is 0. The molecule has 4 nitrogen and oxygen atoms in total. The van der Waals surface area contributed by atoms with Crippen molar-refractivity contribution in [2.24, 2.45) is 5.92 Å². The summed E-state index contributed by atoms with van der Waals surface area (Å²) in [6, 6.07) is 9.25. The maximum atomic E-state index is 12.2. The fraction of sp³-hybridized carbons (Fsp3) is 0.650. The first kappa shape index (κ1) is 23.2. The van der Waals surface area contributed by atoms with Crippen LogP contribution < -0.4 is 10.6 Å². The summed E-state index contributed by atoms with van der Waals surface area (Å²) in [4.78, 5) is 14.7. The molecule has 1 aliphatic carbocycles. The molecule has 1 heterocycles. The van der Waals surface area contributed by atoms with E-state index in [0.29, 0.717) is 12.6 Å². The lowest BCUT2D eigenvalue weighted by Crippen LogP contribution is -2.34. The highest BCUT2D eigenvalue weighted by Gasteiger charge is 2.22. The topological polar surface area (TPSA) is 44.4 Å². The molecule has 148 valence electrons. The van der Waals surface area contributed by atoms with Crippen LogP contribution in [0.3, 0.4) is 0 Å². The summed E-state index contributed by atoms with van der Waals surface area (Å²) in [5.41, 5.74) is 2.59. The lowest BCUT2D eigenvalue weighted by molar-refractivity contribution is -0.124. The molecule has 3 rings (SSSR count). The summed E-state index contributed by atoms with van der Waals surface area (Å²) in [7, 11) is 2.25. The number of amides is 1. The molecule has 1 aromatic rings. The molecule has 26 heavy (non-hydrogen) atoms. The van der Waals surface area contributed by atoms with E-state index in [1.807, 2.05) is 0 Å². The predicted molar refractivity (Wildman–Crippen MR) is 112 cm³/mol. The highest BCUT2D eigenvalue weighted by Crippen LogP contribution is 2.23. The Morgan fingerprint density at radius 1 is 1.12 bits per heavy atom. The third-order valence-corrected chi connectivity index (χ3v) is 5.62. The summed E-state index contributed by atoms with van der Waals surface area (Å²) in [5, 5.41) is 6.39. The van der Waals surface area contributed by atoms with E-state index >= 15 is 0 Å². The van der Waals surface area contributed by atoms with E-state index in [1.54, 1.807) is 0 Å². The zero-order valence-electron chi connectivity index (χ0n) is 15.7. The fourth-order valence-electron chi connectivity index (χ4n) is 4.01. The van der Waals surface area contributed by atoms with Gasteiger partial charge in [-0.25, -0.2) is 0 Å². The van der Waals surface area contributed by atoms with Gasteiger partial charge in [0.2, 0.25) is 5.91 Å². The number of halogens is 2. The van der Waals surface area contributed by atoms with E-state index in [-0.39, 0.29) is 36.6 Å². The standard InChI is InChI=1S/C20H31N3O.2ClH/c1-23(19-9-3-2-4-10-19)15-18-8-6-5-7-16(18)14-22-20(24)17-11-12-21-13-17;;/h5-8,17,19,21H,2-4,9-15H2,1H3,(H,22,24);2*1H. The van der Waals surface area contributed by atoms with E-state index in [9.17, 15) is 4.79 Å². The Kier molecular flexibility index (Phi) is 10.6. The smallest absolute Gasteiger partial charge is 0.224 e. The lowest BCUT2D eigenvalue weighted by atomic mass is 9.94. The van der Waals surface area contributed by atoms with Gasteiger partial charge in [-0.3, -0.25) is 9.69 Å². The Morgan fingerprint density at radius 2 is 1.81 bits per heavy atom. The van der Waals surface area contributed by atoms with E-state index in [4.69, 9.17) is 0 Å². The van der Waals surface area contributed by atoms with Gasteiger partial charge in [0.1, 0.15) is 0 Å². The Morgan fingerprint density at radius 3 is 2.46 bits per heavy atom. The second-order valence-corrected chi connectivity index (χ2v) is 7.38. The van der Waals surface area contributed by atoms with Gasteiger partial charge < -0.3 is 10.6 Å². The molecule has 1 amide bonds. The third-order valence-electron chi connectivity index (χ3n) is 5.62. The first-order valence-electron chi connectivity index (χ1n) is 9.49. The Labute approximate surface area is 170 Å². The molecule has 2 aliphatic rings. The number of nitrogens with one attached hydrogen (secondary N) is 2. The third kappa shape index (κ3) is 6.41. The van der Waals surface area contributed by atoms with Crippen LogP contribution in [0.15, 0.2) is 24.3 Å². The average molecular weight is 402 g/mol. The minimum atomic E-state index is 0. The van der Waals surface area contributed by atoms with Gasteiger partial charge in [0.25, 0.3) is 0 Å². The Balaban J connectivity index is 0.00000169. The molecule has 6 heteroatoms. The van der Waals surface area contributed by atoms with Crippen molar-refractivity contribution in [3.05, 3.63) is 35.4 Å². The molecule has 0 radical (unpaired) electrons. The van der Waals surface area contributed by atoms with Crippen LogP contribution in [0.5, 0.6) is 0 Å². The van der Waals surface area contributed by atoms with E-state index in [2.05, 4.69) is 46.8 Å². The van der Waals surface area contributed by atoms with Crippen molar-refractivity contribution in [3.63, 3.8) is 0 Å². The fourth-order valence-corrected chi connectivity index (χ4v) is 4.01. The van der Waals surface area contributed by atoms with Gasteiger partial charge in [-0.1, -0.05) is 43.5 Å². The molecule has 1 atom stereocenters. The van der Waals surface area contributed by atoms with Crippen LogP contribution in [-0.4, -0.2) is 37.0 Å². The van der Waals surface area contributed by atoms with Crippen LogP contribution in [0, 0.1) is 5.92 Å². The number of hydrogen-bond acceptors (Lipinski definition) is 3. The quantitative estimate of drug-likeness (QED) is 0.765. The van der Waals surface area contributed by atoms with Crippen LogP contribution in [0.25, 0.3) is 0 Å². The van der Waals surface area contributed by atoms with Gasteiger partial charge in [-0.05, 0) is 44.0 Å². The van der Waals surface area contributed by atoms with Crippen molar-refractivity contribution < 1.29 is 4.79 Å². The summed E-state index contributed by atoms with van der Waals surface area (Å²) < 4.78 is 0. The zero-order valence-corrected chi connectivity index (χ0v) is 17.3. The van der Waals surface area contributed by atoms with Gasteiger partial charge in [-0.2, -0.15) is 0 Å². The predicted octanol–water partition coefficient (Wildman–Crippen LogP) is 3.52. The highest BCUT2D eigenvalue weighted by molar-refractivity contribution is 5.85. The van der Waals surface area contributed by atoms with Crippen LogP contribution in [-0.2, 0) is 17.9 Å². The first-order chi connectivity index (χ1) is 11.7. The lowest BCUT2D eigenvalue weighted by Gasteiger charge is -2.31. The molecule has 1 unspecified atom stereocenters. The van der Waals surface area contributed by atoms with Gasteiger partial charge >= 0.3 is 0 Å². The number of rotatable bonds is 6. The second kappa shape index (κ2) is 11.8. The summed E-state index contributed by atoms with van der Waals surface area (Å²) in [5.74, 6) is 0.331. The number of carbonyl (C=O) groups is 1. The number of carbonyl (C=O) groups excluding carboxylic acids is 1. The molecule has 1 aliphatic heterocycles. The highest BCUT2D eigenvalue weighted by atomic mass is 35.5. The molecule has 0 bridgehead atoms. The minimum Gasteiger partial charge on any atom is -0.352 e. The van der Waals surface area contributed by atoms with Crippen LogP contribution >= 0.6 is 24.8 Å². The van der Waals surface area contributed by atoms with Crippen molar-refractivity contribution in [2.75, 3.05) is 20.1 Å². The van der Waals surface area contributed by atoms with E-state index in [0.717, 1.165) is 26.1 Å². The molecule has 2 fully saturated rings. The molecule has 1 saturated heterocycles. The molecule has 1 aromatic carbocycles. The maximum absolute atomic E-state index is 12.2. The van der Waals surface area contributed by atoms with Crippen molar-refractivity contribution in [1.29, 1.82) is 0 Å². The monoisotopic (exact) mass is 401 g/mol. The summed E-state index contributed by atoms with van der Waals surface area (Å²) in [6.45, 7) is 3.39. The van der Waals surface area contributed by atoms with E-state index in [1.165, 1.54) is 43.2 Å². The molecular formula is C20H33Cl2N3O.